The number of rotatable bonds is 2. The number of nitrogens with one attached hydrogen (secondary N) is 1. The molecule has 1 saturated heterocycles. The van der Waals surface area contributed by atoms with E-state index in [0.717, 1.165) is 24.8 Å². The third kappa shape index (κ3) is 2.78. The highest BCUT2D eigenvalue weighted by Gasteiger charge is 2.41. The van der Waals surface area contributed by atoms with Crippen LogP contribution >= 0.6 is 11.6 Å². The van der Waals surface area contributed by atoms with Crippen molar-refractivity contribution in [2.75, 3.05) is 6.61 Å². The van der Waals surface area contributed by atoms with Crippen molar-refractivity contribution in [1.82, 2.24) is 19.9 Å². The van der Waals surface area contributed by atoms with Crippen molar-refractivity contribution in [3.8, 4) is 0 Å². The SMILES string of the molecule is Cc1cnc2c(Cl)c(C(=O)N[C@@H]3COC4(CCCCC4)C3)nn2c1. The lowest BCUT2D eigenvalue weighted by Gasteiger charge is -2.32. The summed E-state index contributed by atoms with van der Waals surface area (Å²) < 4.78 is 7.61. The Balaban J connectivity index is 1.50. The number of nitrogens with zero attached hydrogens (tertiary/aromatic N) is 3. The molecular formula is C17H21ClN4O2. The van der Waals surface area contributed by atoms with Crippen LogP contribution in [-0.4, -0.2) is 38.8 Å². The summed E-state index contributed by atoms with van der Waals surface area (Å²) >= 11 is 6.29. The summed E-state index contributed by atoms with van der Waals surface area (Å²) in [7, 11) is 0. The monoisotopic (exact) mass is 348 g/mol. The molecule has 1 spiro atoms. The van der Waals surface area contributed by atoms with Gasteiger partial charge in [-0.1, -0.05) is 30.9 Å². The largest absolute Gasteiger partial charge is 0.373 e. The van der Waals surface area contributed by atoms with Crippen molar-refractivity contribution in [2.45, 2.75) is 57.1 Å². The molecule has 4 rings (SSSR count). The second kappa shape index (κ2) is 6.01. The average Bonchev–Trinajstić information content (AvgIpc) is 3.09. The van der Waals surface area contributed by atoms with Crippen LogP contribution in [0.15, 0.2) is 12.4 Å². The van der Waals surface area contributed by atoms with Crippen LogP contribution < -0.4 is 5.32 Å². The van der Waals surface area contributed by atoms with Crippen LogP contribution in [0.1, 0.15) is 54.6 Å². The molecule has 1 saturated carbocycles. The Hall–Kier alpha value is -1.66. The fourth-order valence-corrected chi connectivity index (χ4v) is 4.14. The summed E-state index contributed by atoms with van der Waals surface area (Å²) in [6, 6.07) is 0.0196. The van der Waals surface area contributed by atoms with E-state index in [4.69, 9.17) is 16.3 Å². The molecule has 0 bridgehead atoms. The Labute approximate surface area is 145 Å². The predicted octanol–water partition coefficient (Wildman–Crippen LogP) is 2.91. The first-order chi connectivity index (χ1) is 11.6. The van der Waals surface area contributed by atoms with Crippen LogP contribution in [0.3, 0.4) is 0 Å². The Kier molecular flexibility index (Phi) is 3.96. The topological polar surface area (TPSA) is 68.5 Å². The molecular weight excluding hydrogens is 328 g/mol. The molecule has 0 radical (unpaired) electrons. The van der Waals surface area contributed by atoms with E-state index in [1.807, 2.05) is 6.92 Å². The van der Waals surface area contributed by atoms with Crippen molar-refractivity contribution < 1.29 is 9.53 Å². The maximum Gasteiger partial charge on any atom is 0.273 e. The van der Waals surface area contributed by atoms with Gasteiger partial charge in [0.05, 0.1) is 18.2 Å². The number of carbonyl (C=O) groups is 1. The number of halogens is 1. The maximum atomic E-state index is 12.6. The van der Waals surface area contributed by atoms with Gasteiger partial charge in [-0.2, -0.15) is 5.10 Å². The van der Waals surface area contributed by atoms with E-state index in [-0.39, 0.29) is 23.2 Å². The van der Waals surface area contributed by atoms with E-state index in [0.29, 0.717) is 17.3 Å². The lowest BCUT2D eigenvalue weighted by molar-refractivity contribution is -0.0246. The summed E-state index contributed by atoms with van der Waals surface area (Å²) in [5.74, 6) is -0.260. The van der Waals surface area contributed by atoms with Crippen LogP contribution in [0.5, 0.6) is 0 Å². The Morgan fingerprint density at radius 3 is 3.00 bits per heavy atom. The van der Waals surface area contributed by atoms with Gasteiger partial charge < -0.3 is 10.1 Å². The highest BCUT2D eigenvalue weighted by atomic mass is 35.5. The van der Waals surface area contributed by atoms with Crippen LogP contribution in [0, 0.1) is 6.92 Å². The molecule has 2 fully saturated rings. The molecule has 24 heavy (non-hydrogen) atoms. The van der Waals surface area contributed by atoms with Crippen molar-refractivity contribution in [3.63, 3.8) is 0 Å². The van der Waals surface area contributed by atoms with E-state index < -0.39 is 0 Å². The molecule has 1 N–H and O–H groups in total. The molecule has 6 nitrogen and oxygen atoms in total. The second-order valence-electron chi connectivity index (χ2n) is 6.99. The zero-order valence-electron chi connectivity index (χ0n) is 13.7. The number of hydrogen-bond donors (Lipinski definition) is 1. The first-order valence-electron chi connectivity index (χ1n) is 8.52. The summed E-state index contributed by atoms with van der Waals surface area (Å²) in [5.41, 5.74) is 1.65. The van der Waals surface area contributed by atoms with Gasteiger partial charge in [0.2, 0.25) is 0 Å². The van der Waals surface area contributed by atoms with Crippen LogP contribution in [0.4, 0.5) is 0 Å². The number of aryl methyl sites for hydroxylation is 1. The molecule has 1 aliphatic heterocycles. The normalized spacial score (nSPS) is 23.0. The number of fused-ring (bicyclic) bond motifs is 1. The van der Waals surface area contributed by atoms with Gasteiger partial charge in [-0.3, -0.25) is 4.79 Å². The smallest absolute Gasteiger partial charge is 0.273 e. The first-order valence-corrected chi connectivity index (χ1v) is 8.89. The molecule has 1 aliphatic carbocycles. The number of hydrogen-bond acceptors (Lipinski definition) is 4. The molecule has 1 atom stereocenters. The lowest BCUT2D eigenvalue weighted by Crippen LogP contribution is -2.37. The molecule has 2 aromatic rings. The molecule has 2 aliphatic rings. The molecule has 0 aromatic carbocycles. The van der Waals surface area contributed by atoms with Gasteiger partial charge in [0.15, 0.2) is 11.3 Å². The summed E-state index contributed by atoms with van der Waals surface area (Å²) in [6.45, 7) is 2.48. The van der Waals surface area contributed by atoms with Gasteiger partial charge in [-0.15, -0.1) is 0 Å². The van der Waals surface area contributed by atoms with E-state index in [1.54, 1.807) is 16.9 Å². The third-order valence-electron chi connectivity index (χ3n) is 5.07. The van der Waals surface area contributed by atoms with Gasteiger partial charge in [-0.25, -0.2) is 9.50 Å². The molecule has 7 heteroatoms. The second-order valence-corrected chi connectivity index (χ2v) is 7.37. The lowest BCUT2D eigenvalue weighted by atomic mass is 9.82. The minimum absolute atomic E-state index is 0.0196. The zero-order chi connectivity index (χ0) is 16.7. The van der Waals surface area contributed by atoms with Crippen LogP contribution in [0.25, 0.3) is 5.65 Å². The van der Waals surface area contributed by atoms with Gasteiger partial charge in [-0.05, 0) is 31.7 Å². The van der Waals surface area contributed by atoms with Gasteiger partial charge in [0.25, 0.3) is 5.91 Å². The Bertz CT molecular complexity index is 782. The van der Waals surface area contributed by atoms with E-state index in [2.05, 4.69) is 15.4 Å². The Morgan fingerprint density at radius 1 is 1.42 bits per heavy atom. The Morgan fingerprint density at radius 2 is 2.21 bits per heavy atom. The number of amides is 1. The third-order valence-corrected chi connectivity index (χ3v) is 5.42. The standard InChI is InChI=1S/C17H21ClN4O2/c1-11-8-19-15-13(18)14(21-22(15)9-11)16(23)20-12-7-17(24-10-12)5-3-2-4-6-17/h8-9,12H,2-7,10H2,1H3,(H,20,23)/t12-/m0/s1. The van der Waals surface area contributed by atoms with Crippen LogP contribution in [-0.2, 0) is 4.74 Å². The van der Waals surface area contributed by atoms with Crippen LogP contribution in [0.2, 0.25) is 5.02 Å². The molecule has 3 heterocycles. The summed E-state index contributed by atoms with van der Waals surface area (Å²) in [5, 5.41) is 7.61. The van der Waals surface area contributed by atoms with Crippen molar-refractivity contribution in [2.24, 2.45) is 0 Å². The minimum atomic E-state index is -0.260. The van der Waals surface area contributed by atoms with Crippen molar-refractivity contribution in [3.05, 3.63) is 28.7 Å². The summed E-state index contributed by atoms with van der Waals surface area (Å²) in [4.78, 5) is 16.8. The zero-order valence-corrected chi connectivity index (χ0v) is 14.5. The quantitative estimate of drug-likeness (QED) is 0.906. The number of carbonyl (C=O) groups excluding carboxylic acids is 1. The molecule has 128 valence electrons. The summed E-state index contributed by atoms with van der Waals surface area (Å²) in [6.07, 6.45) is 10.3. The maximum absolute atomic E-state index is 12.6. The number of ether oxygens (including phenoxy) is 1. The first kappa shape index (κ1) is 15.8. The fourth-order valence-electron chi connectivity index (χ4n) is 3.88. The van der Waals surface area contributed by atoms with Gasteiger partial charge >= 0.3 is 0 Å². The van der Waals surface area contributed by atoms with E-state index in [1.165, 1.54) is 19.3 Å². The fraction of sp³-hybridized carbons (Fsp3) is 0.588. The van der Waals surface area contributed by atoms with E-state index >= 15 is 0 Å². The minimum Gasteiger partial charge on any atom is -0.373 e. The average molecular weight is 349 g/mol. The highest BCUT2D eigenvalue weighted by molar-refractivity contribution is 6.36. The molecule has 0 unspecified atom stereocenters. The number of aromatic nitrogens is 3. The van der Waals surface area contributed by atoms with Gasteiger partial charge in [0.1, 0.15) is 5.02 Å². The van der Waals surface area contributed by atoms with Crippen molar-refractivity contribution >= 4 is 23.2 Å². The highest BCUT2D eigenvalue weighted by Crippen LogP contribution is 2.39. The van der Waals surface area contributed by atoms with Crippen molar-refractivity contribution in [1.29, 1.82) is 0 Å². The molecule has 2 aromatic heterocycles. The molecule has 1 amide bonds. The van der Waals surface area contributed by atoms with Gasteiger partial charge in [0, 0.05) is 12.4 Å². The van der Waals surface area contributed by atoms with E-state index in [9.17, 15) is 4.79 Å². The predicted molar refractivity (Wildman–Crippen MR) is 90.4 cm³/mol.